The van der Waals surface area contributed by atoms with Crippen LogP contribution in [0.25, 0.3) is 0 Å². The Balaban J connectivity index is 2.41. The van der Waals surface area contributed by atoms with Crippen LogP contribution >= 0.6 is 0 Å². The molecule has 1 atom stereocenters. The van der Waals surface area contributed by atoms with Gasteiger partial charge in [0.1, 0.15) is 11.7 Å². The van der Waals surface area contributed by atoms with Gasteiger partial charge in [0.15, 0.2) is 0 Å². The van der Waals surface area contributed by atoms with Crippen LogP contribution in [0, 0.1) is 10.1 Å². The molecule has 9 nitrogen and oxygen atoms in total. The van der Waals surface area contributed by atoms with Crippen LogP contribution in [0.1, 0.15) is 17.3 Å². The molecule has 1 heterocycles. The number of carboxylic acid groups (broad SMARTS) is 1. The fourth-order valence-electron chi connectivity index (χ4n) is 2.32. The number of hydrogen-bond acceptors (Lipinski definition) is 6. The summed E-state index contributed by atoms with van der Waals surface area (Å²) in [5.74, 6) is -1.85. The number of nitro benzene ring substituents is 1. The lowest BCUT2D eigenvalue weighted by molar-refractivity contribution is -0.384. The Labute approximate surface area is 132 Å². The summed E-state index contributed by atoms with van der Waals surface area (Å²) in [5.41, 5.74) is 0.0765. The molecule has 0 spiro atoms. The van der Waals surface area contributed by atoms with E-state index in [-0.39, 0.29) is 16.9 Å². The Hall–Kier alpha value is -2.68. The molecule has 1 aromatic rings. The summed E-state index contributed by atoms with van der Waals surface area (Å²) in [5, 5.41) is 22.5. The Kier molecular flexibility index (Phi) is 5.12. The number of carboxylic acids is 1. The molecule has 0 radical (unpaired) electrons. The van der Waals surface area contributed by atoms with E-state index in [1.807, 2.05) is 0 Å². The molecule has 0 saturated carbocycles. The molecular weight excluding hydrogens is 306 g/mol. The van der Waals surface area contributed by atoms with Gasteiger partial charge in [0, 0.05) is 19.2 Å². The molecule has 1 saturated heterocycles. The number of morpholine rings is 1. The van der Waals surface area contributed by atoms with Gasteiger partial charge in [-0.2, -0.15) is 0 Å². The number of hydrogen-bond donors (Lipinski definition) is 2. The van der Waals surface area contributed by atoms with E-state index >= 15 is 0 Å². The molecule has 0 bridgehead atoms. The second-order valence-corrected chi connectivity index (χ2v) is 5.06. The van der Waals surface area contributed by atoms with Crippen molar-refractivity contribution in [2.24, 2.45) is 0 Å². The predicted molar refractivity (Wildman–Crippen MR) is 80.7 cm³/mol. The Morgan fingerprint density at radius 2 is 2.04 bits per heavy atom. The molecule has 2 rings (SSSR count). The normalized spacial score (nSPS) is 15.8. The highest BCUT2D eigenvalue weighted by atomic mass is 16.6. The number of benzene rings is 1. The van der Waals surface area contributed by atoms with Gasteiger partial charge in [-0.1, -0.05) is 6.07 Å². The van der Waals surface area contributed by atoms with Crippen molar-refractivity contribution in [2.45, 2.75) is 13.0 Å². The highest BCUT2D eigenvalue weighted by Gasteiger charge is 2.28. The standard InChI is InChI=1S/C14H17N3O6/c1-9(14(19)20)15-13(18)10-3-2-4-11(17(21)22)12(10)16-5-7-23-8-6-16/h2-4,9H,5-8H2,1H3,(H,15,18)(H,19,20)/t9-/m0/s1. The molecule has 1 aliphatic heterocycles. The van der Waals surface area contributed by atoms with Gasteiger partial charge in [0.2, 0.25) is 0 Å². The van der Waals surface area contributed by atoms with Crippen molar-refractivity contribution < 1.29 is 24.4 Å². The van der Waals surface area contributed by atoms with Crippen LogP contribution in [0.4, 0.5) is 11.4 Å². The molecule has 124 valence electrons. The van der Waals surface area contributed by atoms with Crippen LogP contribution in [0.5, 0.6) is 0 Å². The third kappa shape index (κ3) is 3.75. The molecule has 2 N–H and O–H groups in total. The zero-order valence-electron chi connectivity index (χ0n) is 12.5. The van der Waals surface area contributed by atoms with Crippen LogP contribution in [-0.4, -0.2) is 54.3 Å². The fraction of sp³-hybridized carbons (Fsp3) is 0.429. The van der Waals surface area contributed by atoms with Gasteiger partial charge < -0.3 is 20.1 Å². The molecule has 23 heavy (non-hydrogen) atoms. The van der Waals surface area contributed by atoms with Crippen molar-refractivity contribution in [1.82, 2.24) is 5.32 Å². The molecule has 1 aromatic carbocycles. The summed E-state index contributed by atoms with van der Waals surface area (Å²) in [6, 6.07) is 3.08. The van der Waals surface area contributed by atoms with Crippen molar-refractivity contribution in [2.75, 3.05) is 31.2 Å². The predicted octanol–water partition coefficient (Wildman–Crippen LogP) is 0.634. The Bertz CT molecular complexity index is 627. The van der Waals surface area contributed by atoms with Crippen molar-refractivity contribution >= 4 is 23.3 Å². The first-order chi connectivity index (χ1) is 10.9. The SMILES string of the molecule is C[C@H](NC(=O)c1cccc([N+](=O)[O-])c1N1CCOCC1)C(=O)O. The topological polar surface area (TPSA) is 122 Å². The van der Waals surface area contributed by atoms with Crippen LogP contribution in [0.2, 0.25) is 0 Å². The summed E-state index contributed by atoms with van der Waals surface area (Å²) in [4.78, 5) is 35.7. The highest BCUT2D eigenvalue weighted by Crippen LogP contribution is 2.32. The smallest absolute Gasteiger partial charge is 0.325 e. The summed E-state index contributed by atoms with van der Waals surface area (Å²) in [7, 11) is 0. The molecule has 0 aromatic heterocycles. The van der Waals surface area contributed by atoms with E-state index in [9.17, 15) is 19.7 Å². The molecule has 0 unspecified atom stereocenters. The lowest BCUT2D eigenvalue weighted by atomic mass is 10.1. The third-order valence-corrected chi connectivity index (χ3v) is 3.50. The van der Waals surface area contributed by atoms with E-state index in [0.29, 0.717) is 26.3 Å². The number of nitrogens with one attached hydrogen (secondary N) is 1. The first-order valence-corrected chi connectivity index (χ1v) is 7.05. The first-order valence-electron chi connectivity index (χ1n) is 7.05. The average molecular weight is 323 g/mol. The third-order valence-electron chi connectivity index (χ3n) is 3.50. The monoisotopic (exact) mass is 323 g/mol. The van der Waals surface area contributed by atoms with E-state index in [4.69, 9.17) is 9.84 Å². The van der Waals surface area contributed by atoms with Crippen LogP contribution in [-0.2, 0) is 9.53 Å². The number of para-hydroxylation sites is 1. The molecule has 1 amide bonds. The molecule has 1 aliphatic rings. The summed E-state index contributed by atoms with van der Waals surface area (Å²) in [6.07, 6.45) is 0. The molecule has 9 heteroatoms. The van der Waals surface area contributed by atoms with Crippen molar-refractivity contribution in [3.8, 4) is 0 Å². The van der Waals surface area contributed by atoms with Gasteiger partial charge in [-0.15, -0.1) is 0 Å². The largest absolute Gasteiger partial charge is 0.480 e. The van der Waals surface area contributed by atoms with Gasteiger partial charge in [-0.05, 0) is 13.0 Å². The molecule has 0 aliphatic carbocycles. The minimum Gasteiger partial charge on any atom is -0.480 e. The summed E-state index contributed by atoms with van der Waals surface area (Å²) >= 11 is 0. The van der Waals surface area contributed by atoms with E-state index in [2.05, 4.69) is 5.32 Å². The van der Waals surface area contributed by atoms with Crippen LogP contribution < -0.4 is 10.2 Å². The summed E-state index contributed by atoms with van der Waals surface area (Å²) < 4.78 is 5.23. The second-order valence-electron chi connectivity index (χ2n) is 5.06. The first kappa shape index (κ1) is 16.7. The van der Waals surface area contributed by atoms with Gasteiger partial charge in [0.25, 0.3) is 11.6 Å². The number of anilines is 1. The average Bonchev–Trinajstić information content (AvgIpc) is 2.54. The van der Waals surface area contributed by atoms with Gasteiger partial charge >= 0.3 is 5.97 Å². The van der Waals surface area contributed by atoms with Gasteiger partial charge in [-0.3, -0.25) is 19.7 Å². The maximum atomic E-state index is 12.3. The van der Waals surface area contributed by atoms with Gasteiger partial charge in [-0.25, -0.2) is 0 Å². The van der Waals surface area contributed by atoms with Crippen molar-refractivity contribution in [3.63, 3.8) is 0 Å². The summed E-state index contributed by atoms with van der Waals surface area (Å²) in [6.45, 7) is 2.96. The number of ether oxygens (including phenoxy) is 1. The highest BCUT2D eigenvalue weighted by molar-refractivity contribution is 6.03. The lowest BCUT2D eigenvalue weighted by Crippen LogP contribution is -2.41. The lowest BCUT2D eigenvalue weighted by Gasteiger charge is -2.30. The maximum Gasteiger partial charge on any atom is 0.325 e. The Morgan fingerprint density at radius 3 is 2.61 bits per heavy atom. The zero-order valence-corrected chi connectivity index (χ0v) is 12.5. The molecular formula is C14H17N3O6. The Morgan fingerprint density at radius 1 is 1.39 bits per heavy atom. The zero-order chi connectivity index (χ0) is 17.0. The number of rotatable bonds is 5. The minimum absolute atomic E-state index is 0.0780. The number of aliphatic carboxylic acids is 1. The van der Waals surface area contributed by atoms with E-state index in [1.54, 1.807) is 4.90 Å². The number of carbonyl (C=O) groups excluding carboxylic acids is 1. The number of amides is 1. The van der Waals surface area contributed by atoms with E-state index in [1.165, 1.54) is 25.1 Å². The quantitative estimate of drug-likeness (QED) is 0.602. The number of carbonyl (C=O) groups is 2. The van der Waals surface area contributed by atoms with E-state index < -0.39 is 22.8 Å². The maximum absolute atomic E-state index is 12.3. The van der Waals surface area contributed by atoms with E-state index in [0.717, 1.165) is 0 Å². The van der Waals surface area contributed by atoms with Crippen LogP contribution in [0.15, 0.2) is 18.2 Å². The van der Waals surface area contributed by atoms with Crippen molar-refractivity contribution in [3.05, 3.63) is 33.9 Å². The van der Waals surface area contributed by atoms with Gasteiger partial charge in [0.05, 0.1) is 23.7 Å². The van der Waals surface area contributed by atoms with Crippen LogP contribution in [0.3, 0.4) is 0 Å². The van der Waals surface area contributed by atoms with Crippen molar-refractivity contribution in [1.29, 1.82) is 0 Å². The number of nitro groups is 1. The molecule has 1 fully saturated rings. The fourth-order valence-corrected chi connectivity index (χ4v) is 2.32. The minimum atomic E-state index is -1.18. The second kappa shape index (κ2) is 7.05. The number of nitrogens with zero attached hydrogens (tertiary/aromatic N) is 2.